The maximum Gasteiger partial charge on any atom is 0.273 e. The largest absolute Gasteiger partial charge is 0.343 e. The van der Waals surface area contributed by atoms with Gasteiger partial charge in [-0.1, -0.05) is 22.0 Å². The second-order valence-corrected chi connectivity index (χ2v) is 5.51. The fourth-order valence-electron chi connectivity index (χ4n) is 1.82. The molecule has 0 bridgehead atoms. The molecule has 20 heavy (non-hydrogen) atoms. The van der Waals surface area contributed by atoms with Crippen molar-refractivity contribution in [3.05, 3.63) is 46.2 Å². The van der Waals surface area contributed by atoms with Gasteiger partial charge >= 0.3 is 0 Å². The molecule has 0 unspecified atom stereocenters. The summed E-state index contributed by atoms with van der Waals surface area (Å²) in [6.45, 7) is 0.796. The summed E-state index contributed by atoms with van der Waals surface area (Å²) in [6.07, 6.45) is 1.79. The lowest BCUT2D eigenvalue weighted by Crippen LogP contribution is -2.22. The predicted octanol–water partition coefficient (Wildman–Crippen LogP) is 2.06. The minimum absolute atomic E-state index is 0.102. The number of nitrogens with one attached hydrogen (secondary N) is 1. The number of amides is 1. The zero-order chi connectivity index (χ0) is 14.7. The van der Waals surface area contributed by atoms with Gasteiger partial charge in [0.2, 0.25) is 0 Å². The van der Waals surface area contributed by atoms with Crippen LogP contribution < -0.4 is 5.32 Å². The van der Waals surface area contributed by atoms with E-state index in [0.29, 0.717) is 5.69 Å². The maximum absolute atomic E-state index is 11.8. The Morgan fingerprint density at radius 3 is 2.75 bits per heavy atom. The second-order valence-electron chi connectivity index (χ2n) is 4.65. The Hall–Kier alpha value is -1.66. The highest BCUT2D eigenvalue weighted by atomic mass is 79.9. The summed E-state index contributed by atoms with van der Waals surface area (Å²) in [4.78, 5) is 13.3. The number of hydrogen-bond acceptors (Lipinski definition) is 3. The Balaban J connectivity index is 2.28. The lowest BCUT2D eigenvalue weighted by molar-refractivity contribution is 0.0821. The van der Waals surface area contributed by atoms with E-state index in [0.717, 1.165) is 16.7 Å². The number of rotatable bonds is 4. The first kappa shape index (κ1) is 14.7. The minimum Gasteiger partial charge on any atom is -0.343 e. The molecule has 0 spiro atoms. The molecule has 1 heterocycles. The molecule has 1 aromatic heterocycles. The smallest absolute Gasteiger partial charge is 0.273 e. The van der Waals surface area contributed by atoms with Gasteiger partial charge in [0, 0.05) is 31.3 Å². The maximum atomic E-state index is 11.8. The monoisotopic (exact) mass is 336 g/mol. The fourth-order valence-corrected chi connectivity index (χ4v) is 2.33. The number of aromatic nitrogens is 2. The molecule has 5 nitrogen and oxygen atoms in total. The molecule has 0 radical (unpaired) electrons. The second kappa shape index (κ2) is 6.19. The van der Waals surface area contributed by atoms with Gasteiger partial charge in [0.15, 0.2) is 5.69 Å². The van der Waals surface area contributed by atoms with E-state index in [1.54, 1.807) is 31.0 Å². The van der Waals surface area contributed by atoms with E-state index in [1.165, 1.54) is 10.5 Å². The third-order valence-corrected chi connectivity index (χ3v) is 3.62. The van der Waals surface area contributed by atoms with Crippen LogP contribution in [0.1, 0.15) is 16.1 Å². The molecule has 1 aromatic carbocycles. The summed E-state index contributed by atoms with van der Waals surface area (Å²) in [5.74, 6) is -0.102. The highest BCUT2D eigenvalue weighted by Gasteiger charge is 2.12. The first-order chi connectivity index (χ1) is 9.52. The van der Waals surface area contributed by atoms with Crippen molar-refractivity contribution in [1.82, 2.24) is 20.0 Å². The van der Waals surface area contributed by atoms with E-state index in [1.807, 2.05) is 25.2 Å². The van der Waals surface area contributed by atoms with Gasteiger partial charge in [0.05, 0.1) is 5.69 Å². The van der Waals surface area contributed by atoms with Gasteiger partial charge in [-0.2, -0.15) is 5.10 Å². The lowest BCUT2D eigenvalue weighted by Gasteiger charge is -2.08. The molecular formula is C14H17BrN4O. The van der Waals surface area contributed by atoms with Gasteiger partial charge in [-0.3, -0.25) is 4.79 Å². The summed E-state index contributed by atoms with van der Waals surface area (Å²) < 4.78 is 2.71. The van der Waals surface area contributed by atoms with Gasteiger partial charge < -0.3 is 10.2 Å². The van der Waals surface area contributed by atoms with Crippen LogP contribution in [0, 0.1) is 0 Å². The van der Waals surface area contributed by atoms with Crippen molar-refractivity contribution in [2.75, 3.05) is 21.1 Å². The Morgan fingerprint density at radius 1 is 1.40 bits per heavy atom. The normalized spacial score (nSPS) is 10.6. The summed E-state index contributed by atoms with van der Waals surface area (Å²) in [5.41, 5.74) is 2.52. The lowest BCUT2D eigenvalue weighted by atomic mass is 10.2. The van der Waals surface area contributed by atoms with E-state index in [4.69, 9.17) is 0 Å². The molecule has 106 valence electrons. The molecule has 6 heteroatoms. The average Bonchev–Trinajstić information content (AvgIpc) is 2.90. The van der Waals surface area contributed by atoms with Gasteiger partial charge in [0.25, 0.3) is 5.91 Å². The number of carbonyl (C=O) groups is 1. The topological polar surface area (TPSA) is 50.2 Å². The Labute approximate surface area is 126 Å². The summed E-state index contributed by atoms with van der Waals surface area (Å²) >= 11 is 3.55. The minimum atomic E-state index is -0.102. The Kier molecular flexibility index (Phi) is 4.57. The van der Waals surface area contributed by atoms with Crippen molar-refractivity contribution in [3.63, 3.8) is 0 Å². The highest BCUT2D eigenvalue weighted by Crippen LogP contribution is 2.20. The number of carbonyl (C=O) groups excluding carboxylic acids is 1. The van der Waals surface area contributed by atoms with Crippen molar-refractivity contribution in [2.24, 2.45) is 0 Å². The molecule has 0 atom stereocenters. The van der Waals surface area contributed by atoms with Gasteiger partial charge in [-0.05, 0) is 30.8 Å². The zero-order valence-corrected chi connectivity index (χ0v) is 13.3. The SMILES string of the molecule is CNCc1ccc(-n2ccc(C(=O)N(C)C)n2)cc1Br. The summed E-state index contributed by atoms with van der Waals surface area (Å²) in [7, 11) is 5.34. The van der Waals surface area contributed by atoms with Crippen LogP contribution in [0.15, 0.2) is 34.9 Å². The number of benzene rings is 1. The first-order valence-electron chi connectivity index (χ1n) is 6.23. The molecule has 2 rings (SSSR count). The van der Waals surface area contributed by atoms with Crippen molar-refractivity contribution in [1.29, 1.82) is 0 Å². The van der Waals surface area contributed by atoms with Gasteiger partial charge in [-0.15, -0.1) is 0 Å². The van der Waals surface area contributed by atoms with Crippen molar-refractivity contribution in [2.45, 2.75) is 6.54 Å². The van der Waals surface area contributed by atoms with Crippen LogP contribution in [0.5, 0.6) is 0 Å². The van der Waals surface area contributed by atoms with Crippen LogP contribution in [-0.4, -0.2) is 41.7 Å². The molecule has 2 aromatic rings. The van der Waals surface area contributed by atoms with E-state index in [2.05, 4.69) is 26.3 Å². The van der Waals surface area contributed by atoms with Crippen LogP contribution >= 0.6 is 15.9 Å². The number of hydrogen-bond donors (Lipinski definition) is 1. The standard InChI is InChI=1S/C14H17BrN4O/c1-16-9-10-4-5-11(8-12(10)15)19-7-6-13(17-19)14(20)18(2)3/h4-8,16H,9H2,1-3H3. The molecule has 0 fully saturated rings. The third-order valence-electron chi connectivity index (χ3n) is 2.88. The Bertz CT molecular complexity index is 621. The van der Waals surface area contributed by atoms with Crippen molar-refractivity contribution < 1.29 is 4.79 Å². The molecule has 1 amide bonds. The van der Waals surface area contributed by atoms with E-state index >= 15 is 0 Å². The summed E-state index contributed by atoms with van der Waals surface area (Å²) in [6, 6.07) is 7.72. The highest BCUT2D eigenvalue weighted by molar-refractivity contribution is 9.10. The van der Waals surface area contributed by atoms with Gasteiger partial charge in [0.1, 0.15) is 0 Å². The number of halogens is 1. The van der Waals surface area contributed by atoms with E-state index in [9.17, 15) is 4.79 Å². The molecule has 0 aliphatic rings. The molecular weight excluding hydrogens is 320 g/mol. The summed E-state index contributed by atoms with van der Waals surface area (Å²) in [5, 5.41) is 7.42. The first-order valence-corrected chi connectivity index (χ1v) is 7.03. The quantitative estimate of drug-likeness (QED) is 0.929. The van der Waals surface area contributed by atoms with Crippen LogP contribution in [-0.2, 0) is 6.54 Å². The molecule has 0 saturated carbocycles. The molecule has 1 N–H and O–H groups in total. The fraction of sp³-hybridized carbons (Fsp3) is 0.286. The van der Waals surface area contributed by atoms with Crippen molar-refractivity contribution >= 4 is 21.8 Å². The Morgan fingerprint density at radius 2 is 2.15 bits per heavy atom. The van der Waals surface area contributed by atoms with Gasteiger partial charge in [-0.25, -0.2) is 4.68 Å². The van der Waals surface area contributed by atoms with Crippen molar-refractivity contribution in [3.8, 4) is 5.69 Å². The molecule has 0 aliphatic heterocycles. The predicted molar refractivity (Wildman–Crippen MR) is 82.0 cm³/mol. The zero-order valence-electron chi connectivity index (χ0n) is 11.7. The number of nitrogens with zero attached hydrogens (tertiary/aromatic N) is 3. The molecule has 0 aliphatic carbocycles. The van der Waals surface area contributed by atoms with Crippen LogP contribution in [0.3, 0.4) is 0 Å². The van der Waals surface area contributed by atoms with E-state index in [-0.39, 0.29) is 5.91 Å². The third kappa shape index (κ3) is 3.08. The van der Waals surface area contributed by atoms with Crippen LogP contribution in [0.25, 0.3) is 5.69 Å². The van der Waals surface area contributed by atoms with E-state index < -0.39 is 0 Å². The average molecular weight is 337 g/mol. The van der Waals surface area contributed by atoms with Crippen LogP contribution in [0.2, 0.25) is 0 Å². The molecule has 0 saturated heterocycles. The van der Waals surface area contributed by atoms with Crippen LogP contribution in [0.4, 0.5) is 0 Å².